The van der Waals surface area contributed by atoms with Crippen molar-refractivity contribution in [1.29, 1.82) is 0 Å². The average molecular weight is 269 g/mol. The first-order valence-electron chi connectivity index (χ1n) is 7.47. The summed E-state index contributed by atoms with van der Waals surface area (Å²) >= 11 is 0. The molecular formula is C15H31N3O. The molecule has 2 aliphatic rings. The van der Waals surface area contributed by atoms with E-state index in [1.54, 1.807) is 0 Å². The van der Waals surface area contributed by atoms with Gasteiger partial charge in [0, 0.05) is 37.6 Å². The van der Waals surface area contributed by atoms with E-state index in [0.29, 0.717) is 12.0 Å². The first kappa shape index (κ1) is 15.2. The number of hydrogen-bond acceptors (Lipinski definition) is 4. The van der Waals surface area contributed by atoms with Crippen molar-refractivity contribution in [3.8, 4) is 0 Å². The van der Waals surface area contributed by atoms with Gasteiger partial charge in [-0.25, -0.2) is 0 Å². The summed E-state index contributed by atoms with van der Waals surface area (Å²) in [6.07, 6.45) is 1.05. The van der Waals surface area contributed by atoms with Crippen LogP contribution >= 0.6 is 0 Å². The molecule has 2 heterocycles. The van der Waals surface area contributed by atoms with Crippen LogP contribution in [-0.2, 0) is 4.74 Å². The molecule has 2 saturated heterocycles. The fraction of sp³-hybridized carbons (Fsp3) is 1.00. The minimum Gasteiger partial charge on any atom is -0.369 e. The van der Waals surface area contributed by atoms with Gasteiger partial charge in [-0.05, 0) is 48.2 Å². The van der Waals surface area contributed by atoms with E-state index >= 15 is 0 Å². The molecule has 0 bridgehead atoms. The van der Waals surface area contributed by atoms with Crippen molar-refractivity contribution in [2.75, 3.05) is 33.7 Å². The maximum atomic E-state index is 6.65. The van der Waals surface area contributed by atoms with E-state index in [0.717, 1.165) is 26.1 Å². The summed E-state index contributed by atoms with van der Waals surface area (Å²) in [6.45, 7) is 12.0. The lowest BCUT2D eigenvalue weighted by molar-refractivity contribution is -0.0800. The van der Waals surface area contributed by atoms with Crippen molar-refractivity contribution in [1.82, 2.24) is 9.80 Å². The monoisotopic (exact) mass is 269 g/mol. The fourth-order valence-electron chi connectivity index (χ4n) is 3.93. The van der Waals surface area contributed by atoms with Crippen LogP contribution in [-0.4, -0.2) is 66.8 Å². The van der Waals surface area contributed by atoms with Gasteiger partial charge in [0.2, 0.25) is 0 Å². The van der Waals surface area contributed by atoms with Gasteiger partial charge in [-0.15, -0.1) is 0 Å². The third kappa shape index (κ3) is 3.13. The molecule has 3 atom stereocenters. The van der Waals surface area contributed by atoms with Crippen LogP contribution in [0.15, 0.2) is 0 Å². The van der Waals surface area contributed by atoms with Crippen molar-refractivity contribution >= 4 is 0 Å². The summed E-state index contributed by atoms with van der Waals surface area (Å²) in [4.78, 5) is 4.81. The van der Waals surface area contributed by atoms with E-state index in [4.69, 9.17) is 10.5 Å². The standard InChI is InChI=1S/C15H31N3O/c1-14(2)9-11(15(3,4)19-14)13(16)12-10-17(5)7-8-18(12)6/h11-13H,7-10,16H2,1-6H3. The van der Waals surface area contributed by atoms with E-state index in [1.165, 1.54) is 0 Å². The van der Waals surface area contributed by atoms with Gasteiger partial charge in [0.25, 0.3) is 0 Å². The Morgan fingerprint density at radius 1 is 1.16 bits per heavy atom. The van der Waals surface area contributed by atoms with Crippen molar-refractivity contribution < 1.29 is 4.74 Å². The zero-order valence-electron chi connectivity index (χ0n) is 13.4. The molecule has 2 aliphatic heterocycles. The molecule has 0 spiro atoms. The summed E-state index contributed by atoms with van der Waals surface area (Å²) < 4.78 is 6.21. The van der Waals surface area contributed by atoms with Crippen molar-refractivity contribution in [2.24, 2.45) is 11.7 Å². The van der Waals surface area contributed by atoms with E-state index in [2.05, 4.69) is 51.6 Å². The highest BCUT2D eigenvalue weighted by molar-refractivity contribution is 5.03. The summed E-state index contributed by atoms with van der Waals surface area (Å²) in [5, 5.41) is 0. The Labute approximate surface area is 118 Å². The lowest BCUT2D eigenvalue weighted by Gasteiger charge is -2.44. The lowest BCUT2D eigenvalue weighted by Crippen LogP contribution is -2.61. The molecule has 2 N–H and O–H groups in total. The Kier molecular flexibility index (Phi) is 4.00. The smallest absolute Gasteiger partial charge is 0.0678 e. The van der Waals surface area contributed by atoms with Crippen LogP contribution in [0.3, 0.4) is 0 Å². The number of hydrogen-bond donors (Lipinski definition) is 1. The SMILES string of the molecule is CN1CCN(C)C(C(N)C2CC(C)(C)OC2(C)C)C1. The maximum absolute atomic E-state index is 6.65. The number of nitrogens with two attached hydrogens (primary N) is 1. The molecule has 0 aromatic heterocycles. The molecule has 0 amide bonds. The second-order valence-corrected chi connectivity index (χ2v) is 7.66. The first-order chi connectivity index (χ1) is 8.62. The lowest BCUT2D eigenvalue weighted by atomic mass is 9.78. The van der Waals surface area contributed by atoms with Gasteiger partial charge in [0.1, 0.15) is 0 Å². The fourth-order valence-corrected chi connectivity index (χ4v) is 3.93. The number of piperazine rings is 1. The van der Waals surface area contributed by atoms with Gasteiger partial charge < -0.3 is 15.4 Å². The number of nitrogens with zero attached hydrogens (tertiary/aromatic N) is 2. The van der Waals surface area contributed by atoms with Crippen molar-refractivity contribution in [3.63, 3.8) is 0 Å². The molecule has 0 aliphatic carbocycles. The van der Waals surface area contributed by atoms with Crippen LogP contribution < -0.4 is 5.73 Å². The molecular weight excluding hydrogens is 238 g/mol. The molecule has 0 radical (unpaired) electrons. The van der Waals surface area contributed by atoms with E-state index < -0.39 is 0 Å². The topological polar surface area (TPSA) is 41.7 Å². The first-order valence-corrected chi connectivity index (χ1v) is 7.47. The minimum absolute atomic E-state index is 0.0507. The highest BCUT2D eigenvalue weighted by Gasteiger charge is 2.50. The number of likely N-dealkylation sites (N-methyl/N-ethyl adjacent to an activating group) is 2. The quantitative estimate of drug-likeness (QED) is 0.817. The largest absolute Gasteiger partial charge is 0.369 e. The van der Waals surface area contributed by atoms with Crippen LogP contribution in [0.1, 0.15) is 34.1 Å². The van der Waals surface area contributed by atoms with Crippen molar-refractivity contribution in [3.05, 3.63) is 0 Å². The van der Waals surface area contributed by atoms with Gasteiger partial charge in [0.05, 0.1) is 11.2 Å². The Balaban J connectivity index is 2.12. The second-order valence-electron chi connectivity index (χ2n) is 7.66. The van der Waals surface area contributed by atoms with E-state index in [1.807, 2.05) is 0 Å². The summed E-state index contributed by atoms with van der Waals surface area (Å²) in [5.74, 6) is 0.418. The van der Waals surface area contributed by atoms with E-state index in [-0.39, 0.29) is 17.2 Å². The predicted molar refractivity (Wildman–Crippen MR) is 79.2 cm³/mol. The number of ether oxygens (including phenoxy) is 1. The molecule has 4 heteroatoms. The van der Waals surface area contributed by atoms with Crippen LogP contribution in [0, 0.1) is 5.92 Å². The zero-order valence-corrected chi connectivity index (χ0v) is 13.4. The van der Waals surface area contributed by atoms with Gasteiger partial charge in [-0.3, -0.25) is 4.90 Å². The molecule has 0 aromatic carbocycles. The highest BCUT2D eigenvalue weighted by Crippen LogP contribution is 2.44. The van der Waals surface area contributed by atoms with Gasteiger partial charge >= 0.3 is 0 Å². The summed E-state index contributed by atoms with van der Waals surface area (Å²) in [7, 11) is 4.39. The van der Waals surface area contributed by atoms with Crippen LogP contribution in [0.2, 0.25) is 0 Å². The molecule has 4 nitrogen and oxygen atoms in total. The summed E-state index contributed by atoms with van der Waals surface area (Å²) in [5.41, 5.74) is 6.48. The molecule has 2 fully saturated rings. The Hall–Kier alpha value is -0.160. The third-order valence-electron chi connectivity index (χ3n) is 4.95. The minimum atomic E-state index is -0.125. The average Bonchev–Trinajstić information content (AvgIpc) is 2.49. The van der Waals surface area contributed by atoms with Gasteiger partial charge in [-0.2, -0.15) is 0 Å². The second kappa shape index (κ2) is 4.99. The maximum Gasteiger partial charge on any atom is 0.0678 e. The molecule has 19 heavy (non-hydrogen) atoms. The Morgan fingerprint density at radius 3 is 2.32 bits per heavy atom. The van der Waals surface area contributed by atoms with Crippen molar-refractivity contribution in [2.45, 2.75) is 57.4 Å². The molecule has 0 saturated carbocycles. The third-order valence-corrected chi connectivity index (χ3v) is 4.95. The molecule has 0 aromatic rings. The van der Waals surface area contributed by atoms with Crippen LogP contribution in [0.25, 0.3) is 0 Å². The van der Waals surface area contributed by atoms with Crippen LogP contribution in [0.4, 0.5) is 0 Å². The van der Waals surface area contributed by atoms with Gasteiger partial charge in [0.15, 0.2) is 0 Å². The Bertz CT molecular complexity index is 329. The van der Waals surface area contributed by atoms with Crippen LogP contribution in [0.5, 0.6) is 0 Å². The predicted octanol–water partition coefficient (Wildman–Crippen LogP) is 1.15. The molecule has 112 valence electrons. The Morgan fingerprint density at radius 2 is 1.79 bits per heavy atom. The normalized spacial score (nSPS) is 37.4. The molecule has 2 rings (SSSR count). The van der Waals surface area contributed by atoms with Gasteiger partial charge in [-0.1, -0.05) is 0 Å². The number of rotatable bonds is 2. The summed E-state index contributed by atoms with van der Waals surface area (Å²) in [6, 6.07) is 0.602. The molecule has 3 unspecified atom stereocenters. The van der Waals surface area contributed by atoms with E-state index in [9.17, 15) is 0 Å². The highest BCUT2D eigenvalue weighted by atomic mass is 16.5. The zero-order chi connectivity index (χ0) is 14.4.